The Hall–Kier alpha value is -0.560. The minimum absolute atomic E-state index is 0.621. The summed E-state index contributed by atoms with van der Waals surface area (Å²) in [4.78, 5) is 0. The fourth-order valence-electron chi connectivity index (χ4n) is 1.35. The van der Waals surface area contributed by atoms with Gasteiger partial charge < -0.3 is 0 Å². The second kappa shape index (κ2) is 5.35. The first kappa shape index (κ1) is 11.5. The third-order valence-corrected chi connectivity index (χ3v) is 2.73. The van der Waals surface area contributed by atoms with Crippen LogP contribution in [0.4, 0.5) is 0 Å². The first-order valence-electron chi connectivity index (χ1n) is 5.01. The average molecular weight is 253 g/mol. The van der Waals surface area contributed by atoms with Crippen molar-refractivity contribution in [2.75, 3.05) is 0 Å². The number of allylic oxidation sites excluding steroid dienone is 1. The number of hydrogen-bond donors (Lipinski definition) is 0. The normalized spacial score (nSPS) is 10.6. The minimum Gasteiger partial charge on any atom is -0.0888 e. The van der Waals surface area contributed by atoms with E-state index < -0.39 is 0 Å². The Morgan fingerprint density at radius 3 is 2.29 bits per heavy atom. The van der Waals surface area contributed by atoms with Gasteiger partial charge >= 0.3 is 0 Å². The Morgan fingerprint density at radius 1 is 1.29 bits per heavy atom. The fourth-order valence-corrected chi connectivity index (χ4v) is 1.55. The van der Waals surface area contributed by atoms with Gasteiger partial charge in [-0.25, -0.2) is 0 Å². The Kier molecular flexibility index (Phi) is 4.40. The Morgan fingerprint density at radius 2 is 1.86 bits per heavy atom. The summed E-state index contributed by atoms with van der Waals surface area (Å²) in [5, 5.41) is 0. The first-order chi connectivity index (χ1) is 6.59. The third-order valence-electron chi connectivity index (χ3n) is 2.33. The van der Waals surface area contributed by atoms with Crippen LogP contribution < -0.4 is 0 Å². The van der Waals surface area contributed by atoms with Crippen LogP contribution in [-0.4, -0.2) is 0 Å². The van der Waals surface area contributed by atoms with Crippen molar-refractivity contribution in [2.24, 2.45) is 0 Å². The lowest BCUT2D eigenvalue weighted by molar-refractivity contribution is 0.863. The van der Waals surface area contributed by atoms with Crippen LogP contribution in [0.15, 0.2) is 35.3 Å². The van der Waals surface area contributed by atoms with E-state index in [-0.39, 0.29) is 0 Å². The van der Waals surface area contributed by atoms with Crippen molar-refractivity contribution in [3.63, 3.8) is 0 Å². The summed E-state index contributed by atoms with van der Waals surface area (Å²) >= 11 is 3.38. The Balaban J connectivity index is 2.59. The molecule has 0 heterocycles. The maximum Gasteiger partial charge on any atom is -0.0118 e. The van der Waals surface area contributed by atoms with Gasteiger partial charge in [-0.3, -0.25) is 0 Å². The second-order valence-corrected chi connectivity index (χ2v) is 5.04. The molecule has 0 aliphatic heterocycles. The van der Waals surface area contributed by atoms with Crippen LogP contribution in [0.2, 0.25) is 0 Å². The van der Waals surface area contributed by atoms with Crippen LogP contribution >= 0.6 is 15.9 Å². The van der Waals surface area contributed by atoms with Gasteiger partial charge in [0.25, 0.3) is 0 Å². The number of benzene rings is 1. The van der Waals surface area contributed by atoms with Gasteiger partial charge in [-0.05, 0) is 34.4 Å². The fraction of sp³-hybridized carbons (Fsp3) is 0.385. The molecule has 0 aliphatic carbocycles. The van der Waals surface area contributed by atoms with Gasteiger partial charge in [-0.1, -0.05) is 60.6 Å². The van der Waals surface area contributed by atoms with Gasteiger partial charge in [-0.2, -0.15) is 0 Å². The topological polar surface area (TPSA) is 0 Å². The molecule has 1 aromatic rings. The largest absolute Gasteiger partial charge is 0.0888 e. The summed E-state index contributed by atoms with van der Waals surface area (Å²) in [6, 6.07) is 8.87. The van der Waals surface area contributed by atoms with Crippen molar-refractivity contribution in [3.05, 3.63) is 46.5 Å². The quantitative estimate of drug-likeness (QED) is 0.732. The molecule has 0 N–H and O–H groups in total. The molecule has 0 aromatic heterocycles. The van der Waals surface area contributed by atoms with Crippen molar-refractivity contribution in [1.29, 1.82) is 0 Å². The molecule has 0 amide bonds. The lowest BCUT2D eigenvalue weighted by Crippen LogP contribution is -1.89. The molecule has 0 spiro atoms. The van der Waals surface area contributed by atoms with E-state index in [0.717, 1.165) is 17.3 Å². The van der Waals surface area contributed by atoms with E-state index in [4.69, 9.17) is 0 Å². The van der Waals surface area contributed by atoms with Crippen molar-refractivity contribution in [2.45, 2.75) is 32.6 Å². The maximum atomic E-state index is 3.83. The molecular weight excluding hydrogens is 236 g/mol. The summed E-state index contributed by atoms with van der Waals surface area (Å²) in [5.74, 6) is 0.621. The van der Waals surface area contributed by atoms with Gasteiger partial charge in [0.15, 0.2) is 0 Å². The standard InChI is InChI=1S/C13H17Br/c1-10(2)13-8-6-12(7-9-13)5-4-11(3)14/h6-10H,3-5H2,1-2H3. The Bertz CT molecular complexity index is 296. The zero-order valence-electron chi connectivity index (χ0n) is 8.89. The van der Waals surface area contributed by atoms with Crippen molar-refractivity contribution < 1.29 is 0 Å². The summed E-state index contributed by atoms with van der Waals surface area (Å²) in [5.41, 5.74) is 2.79. The molecule has 0 atom stereocenters. The molecule has 76 valence electrons. The third kappa shape index (κ3) is 3.67. The summed E-state index contributed by atoms with van der Waals surface area (Å²) in [6.45, 7) is 8.27. The minimum atomic E-state index is 0.621. The highest BCUT2D eigenvalue weighted by molar-refractivity contribution is 9.11. The molecule has 0 saturated carbocycles. The molecule has 1 rings (SSSR count). The molecule has 0 fully saturated rings. The molecule has 0 nitrogen and oxygen atoms in total. The van der Waals surface area contributed by atoms with Crippen LogP contribution in [0, 0.1) is 0 Å². The zero-order valence-corrected chi connectivity index (χ0v) is 10.5. The number of hydrogen-bond acceptors (Lipinski definition) is 0. The SMILES string of the molecule is C=C(Br)CCc1ccc(C(C)C)cc1. The monoisotopic (exact) mass is 252 g/mol. The van der Waals surface area contributed by atoms with Gasteiger partial charge in [0.2, 0.25) is 0 Å². The van der Waals surface area contributed by atoms with Gasteiger partial charge in [0, 0.05) is 0 Å². The van der Waals surface area contributed by atoms with Crippen LogP contribution in [0.1, 0.15) is 37.3 Å². The smallest absolute Gasteiger partial charge is 0.0118 e. The zero-order chi connectivity index (χ0) is 10.6. The molecule has 0 aliphatic rings. The maximum absolute atomic E-state index is 3.83. The van der Waals surface area contributed by atoms with Crippen LogP contribution in [0.25, 0.3) is 0 Å². The molecule has 0 saturated heterocycles. The molecular formula is C13H17Br. The predicted molar refractivity (Wildman–Crippen MR) is 66.9 cm³/mol. The lowest BCUT2D eigenvalue weighted by atomic mass is 10.0. The average Bonchev–Trinajstić information content (AvgIpc) is 2.15. The highest BCUT2D eigenvalue weighted by Gasteiger charge is 1.99. The highest BCUT2D eigenvalue weighted by atomic mass is 79.9. The molecule has 0 unspecified atom stereocenters. The van der Waals surface area contributed by atoms with Gasteiger partial charge in [-0.15, -0.1) is 0 Å². The summed E-state index contributed by atoms with van der Waals surface area (Å²) < 4.78 is 1.07. The molecule has 0 radical (unpaired) electrons. The molecule has 0 bridgehead atoms. The van der Waals surface area contributed by atoms with Crippen LogP contribution in [0.5, 0.6) is 0 Å². The van der Waals surface area contributed by atoms with Crippen molar-refractivity contribution >= 4 is 15.9 Å². The predicted octanol–water partition coefficient (Wildman–Crippen LogP) is 4.65. The number of halogens is 1. The lowest BCUT2D eigenvalue weighted by Gasteiger charge is -2.06. The highest BCUT2D eigenvalue weighted by Crippen LogP contribution is 2.17. The Labute approximate surface area is 95.2 Å². The van der Waals surface area contributed by atoms with E-state index in [2.05, 4.69) is 60.6 Å². The molecule has 1 aromatic carbocycles. The van der Waals surface area contributed by atoms with Crippen molar-refractivity contribution in [1.82, 2.24) is 0 Å². The van der Waals surface area contributed by atoms with E-state index in [9.17, 15) is 0 Å². The van der Waals surface area contributed by atoms with Crippen LogP contribution in [-0.2, 0) is 6.42 Å². The number of aryl methyl sites for hydroxylation is 1. The summed E-state index contributed by atoms with van der Waals surface area (Å²) in [7, 11) is 0. The van der Waals surface area contributed by atoms with E-state index >= 15 is 0 Å². The van der Waals surface area contributed by atoms with E-state index in [1.165, 1.54) is 11.1 Å². The van der Waals surface area contributed by atoms with Gasteiger partial charge in [0.05, 0.1) is 0 Å². The number of rotatable bonds is 4. The van der Waals surface area contributed by atoms with Gasteiger partial charge in [0.1, 0.15) is 0 Å². The summed E-state index contributed by atoms with van der Waals surface area (Å²) in [6.07, 6.45) is 2.09. The van der Waals surface area contributed by atoms with E-state index in [0.29, 0.717) is 5.92 Å². The van der Waals surface area contributed by atoms with E-state index in [1.807, 2.05) is 0 Å². The molecule has 1 heteroatoms. The van der Waals surface area contributed by atoms with Crippen LogP contribution in [0.3, 0.4) is 0 Å². The van der Waals surface area contributed by atoms with E-state index in [1.54, 1.807) is 0 Å². The second-order valence-electron chi connectivity index (χ2n) is 3.91. The molecule has 14 heavy (non-hydrogen) atoms. The van der Waals surface area contributed by atoms with Crippen molar-refractivity contribution in [3.8, 4) is 0 Å². The first-order valence-corrected chi connectivity index (χ1v) is 5.81.